The van der Waals surface area contributed by atoms with Crippen LogP contribution in [0.5, 0.6) is 0 Å². The number of aliphatic hydroxyl groups excluding tert-OH is 2. The molecule has 0 aliphatic heterocycles. The molecule has 0 fully saturated rings. The minimum absolute atomic E-state index is 0.107. The number of carbonyl (C=O) groups is 2. The molecule has 2 atom stereocenters. The highest BCUT2D eigenvalue weighted by Gasteiger charge is 2.29. The highest BCUT2D eigenvalue weighted by Crippen LogP contribution is 2.34. The van der Waals surface area contributed by atoms with Gasteiger partial charge in [-0.25, -0.2) is 4.57 Å². The van der Waals surface area contributed by atoms with Crippen LogP contribution in [-0.4, -0.2) is 63.7 Å². The summed E-state index contributed by atoms with van der Waals surface area (Å²) in [6, 6.07) is 0. The van der Waals surface area contributed by atoms with Crippen molar-refractivity contribution in [1.29, 1.82) is 0 Å². The van der Waals surface area contributed by atoms with Crippen molar-refractivity contribution >= 4 is 19.6 Å². The van der Waals surface area contributed by atoms with E-state index in [1.807, 2.05) is 0 Å². The lowest BCUT2D eigenvalue weighted by atomic mass is 10.0. The van der Waals surface area contributed by atoms with Crippen molar-refractivity contribution in [2.45, 2.75) is 206 Å². The average molecular weight is 762 g/mol. The van der Waals surface area contributed by atoms with Crippen LogP contribution in [0.1, 0.15) is 194 Å². The lowest BCUT2D eigenvalue weighted by Gasteiger charge is -2.20. The molecule has 0 aromatic rings. The van der Waals surface area contributed by atoms with Crippen LogP contribution in [0, 0.1) is 0 Å². The summed E-state index contributed by atoms with van der Waals surface area (Å²) in [5.41, 5.74) is 4.87. The molecule has 0 rings (SSSR count). The van der Waals surface area contributed by atoms with E-state index in [4.69, 9.17) is 20.3 Å². The van der Waals surface area contributed by atoms with Crippen molar-refractivity contribution in [2.75, 3.05) is 19.8 Å². The molecule has 0 heterocycles. The number of hydrogen-bond acceptors (Lipinski definition) is 8. The van der Waals surface area contributed by atoms with Gasteiger partial charge >= 0.3 is 13.8 Å². The molecule has 0 saturated heterocycles. The van der Waals surface area contributed by atoms with Gasteiger partial charge in [-0.15, -0.1) is 0 Å². The minimum atomic E-state index is -4.26. The number of phosphoric acid groups is 1. The van der Waals surface area contributed by atoms with Crippen LogP contribution in [0.2, 0.25) is 0 Å². The molecule has 52 heavy (non-hydrogen) atoms. The number of Topliss-reactive ketones (excluding diaryl/α,β-unsaturated/α-hetero) is 1. The van der Waals surface area contributed by atoms with Crippen LogP contribution in [0.3, 0.4) is 0 Å². The molecular weight excluding hydrogens is 681 g/mol. The van der Waals surface area contributed by atoms with Crippen molar-refractivity contribution in [2.24, 2.45) is 5.73 Å². The maximum absolute atomic E-state index is 12.7. The summed E-state index contributed by atoms with van der Waals surface area (Å²) in [6.45, 7) is 3.92. The zero-order valence-electron chi connectivity index (χ0n) is 33.2. The van der Waals surface area contributed by atoms with Crippen LogP contribution in [-0.2, 0) is 23.4 Å². The van der Waals surface area contributed by atoms with Crippen molar-refractivity contribution in [3.05, 3.63) is 24.3 Å². The Bertz CT molecular complexity index is 893. The number of rotatable bonds is 37. The van der Waals surface area contributed by atoms with Gasteiger partial charge in [-0.2, -0.15) is 0 Å². The maximum atomic E-state index is 12.7. The molecule has 11 heteroatoms. The molecule has 0 aromatic heterocycles. The molecule has 0 bridgehead atoms. The number of ketones is 1. The van der Waals surface area contributed by atoms with Crippen molar-refractivity contribution < 1.29 is 43.4 Å². The first-order valence-corrected chi connectivity index (χ1v) is 22.4. The molecule has 0 saturated carbocycles. The van der Waals surface area contributed by atoms with E-state index >= 15 is 0 Å². The first-order chi connectivity index (χ1) is 25.1. The standard InChI is InChI=1S/C39H72O5.C2H8NO4P/c1-3-5-7-9-11-13-15-17-19-21-23-25-27-29-31-33-36(41)39(37(42)35-40)44-38(43)34-32-30-28-26-24-22-20-18-16-14-12-10-8-6-4-2;3-1-2-7-8(4,5)6/h17-20,37,39-40,42H,3-16,21-35H2,1-2H3;1-3H2,(H2,4,5,6)/b19-17-,20-18-;. The molecular formula is C41H80NO9P. The van der Waals surface area contributed by atoms with Crippen LogP contribution in [0.25, 0.3) is 0 Å². The molecule has 0 radical (unpaired) electrons. The third-order valence-electron chi connectivity index (χ3n) is 8.82. The summed E-state index contributed by atoms with van der Waals surface area (Å²) >= 11 is 0. The molecule has 0 aliphatic rings. The van der Waals surface area contributed by atoms with Gasteiger partial charge in [0.05, 0.1) is 13.2 Å². The number of hydrogen-bond donors (Lipinski definition) is 5. The largest absolute Gasteiger partial charge is 0.469 e. The number of phosphoric ester groups is 1. The maximum Gasteiger partial charge on any atom is 0.469 e. The number of ether oxygens (including phenoxy) is 1. The zero-order chi connectivity index (χ0) is 39.0. The SMILES string of the molecule is CCCCCCCC/C=C\CCCCCCCC(=O)OC(C(=O)CCCCCCC/C=C\CCCCCCCC)C(O)CO.NCCOP(=O)(O)O. The van der Waals surface area contributed by atoms with Crippen molar-refractivity contribution in [3.8, 4) is 0 Å². The normalized spacial score (nSPS) is 13.0. The number of carbonyl (C=O) groups excluding carboxylic acids is 2. The molecule has 10 nitrogen and oxygen atoms in total. The molecule has 6 N–H and O–H groups in total. The third kappa shape index (κ3) is 41.4. The van der Waals surface area contributed by atoms with Gasteiger partial charge in [0.1, 0.15) is 6.10 Å². The molecule has 0 aliphatic carbocycles. The zero-order valence-corrected chi connectivity index (χ0v) is 34.1. The van der Waals surface area contributed by atoms with E-state index in [-0.39, 0.29) is 31.8 Å². The van der Waals surface area contributed by atoms with E-state index < -0.39 is 32.6 Å². The van der Waals surface area contributed by atoms with Gasteiger partial charge in [0, 0.05) is 19.4 Å². The summed E-state index contributed by atoms with van der Waals surface area (Å²) in [7, 11) is -4.26. The Morgan fingerprint density at radius 2 is 0.981 bits per heavy atom. The van der Waals surface area contributed by atoms with E-state index in [1.165, 1.54) is 103 Å². The van der Waals surface area contributed by atoms with Crippen LogP contribution >= 0.6 is 7.82 Å². The number of nitrogens with two attached hydrogens (primary N) is 1. The van der Waals surface area contributed by atoms with Crippen LogP contribution in [0.15, 0.2) is 24.3 Å². The highest BCUT2D eigenvalue weighted by molar-refractivity contribution is 7.46. The lowest BCUT2D eigenvalue weighted by molar-refractivity contribution is -0.163. The summed E-state index contributed by atoms with van der Waals surface area (Å²) in [5, 5.41) is 19.5. The third-order valence-corrected chi connectivity index (χ3v) is 9.34. The summed E-state index contributed by atoms with van der Waals surface area (Å²) in [4.78, 5) is 41.0. The Labute approximate surface area is 318 Å². The Hall–Kier alpha value is -1.39. The second kappa shape index (κ2) is 40.8. The number of esters is 1. The van der Waals surface area contributed by atoms with E-state index in [0.717, 1.165) is 57.8 Å². The monoisotopic (exact) mass is 762 g/mol. The Balaban J connectivity index is 0. The van der Waals surface area contributed by atoms with E-state index in [9.17, 15) is 24.4 Å². The summed E-state index contributed by atoms with van der Waals surface area (Å²) in [5.74, 6) is -0.750. The molecule has 0 amide bonds. The van der Waals surface area contributed by atoms with Crippen LogP contribution in [0.4, 0.5) is 0 Å². The predicted octanol–water partition coefficient (Wildman–Crippen LogP) is 9.95. The molecule has 308 valence electrons. The van der Waals surface area contributed by atoms with Gasteiger partial charge in [-0.3, -0.25) is 14.1 Å². The smallest absolute Gasteiger partial charge is 0.451 e. The van der Waals surface area contributed by atoms with Gasteiger partial charge in [-0.05, 0) is 64.2 Å². The predicted molar refractivity (Wildman–Crippen MR) is 214 cm³/mol. The topological polar surface area (TPSA) is 177 Å². The molecule has 0 aromatic carbocycles. The number of allylic oxidation sites excluding steroid dienone is 4. The Morgan fingerprint density at radius 1 is 0.615 bits per heavy atom. The summed E-state index contributed by atoms with van der Waals surface area (Å²) in [6.07, 6.45) is 38.0. The Morgan fingerprint density at radius 3 is 1.33 bits per heavy atom. The summed E-state index contributed by atoms with van der Waals surface area (Å²) < 4.78 is 19.1. The van der Waals surface area contributed by atoms with Gasteiger partial charge in [0.25, 0.3) is 0 Å². The molecule has 2 unspecified atom stereocenters. The average Bonchev–Trinajstić information content (AvgIpc) is 3.12. The minimum Gasteiger partial charge on any atom is -0.451 e. The van der Waals surface area contributed by atoms with Gasteiger partial charge in [-0.1, -0.05) is 141 Å². The lowest BCUT2D eigenvalue weighted by Crippen LogP contribution is -2.40. The quantitative estimate of drug-likeness (QED) is 0.0177. The first kappa shape index (κ1) is 52.7. The fraction of sp³-hybridized carbons (Fsp3) is 0.854. The number of unbranched alkanes of at least 4 members (excludes halogenated alkanes) is 22. The highest BCUT2D eigenvalue weighted by atomic mass is 31.2. The van der Waals surface area contributed by atoms with Gasteiger partial charge in [0.15, 0.2) is 11.9 Å². The number of aliphatic hydroxyl groups is 2. The van der Waals surface area contributed by atoms with E-state index in [2.05, 4.69) is 42.7 Å². The van der Waals surface area contributed by atoms with Crippen LogP contribution < -0.4 is 5.73 Å². The van der Waals surface area contributed by atoms with Gasteiger partial charge in [0.2, 0.25) is 0 Å². The first-order valence-electron chi connectivity index (χ1n) is 20.8. The fourth-order valence-electron chi connectivity index (χ4n) is 5.68. The van der Waals surface area contributed by atoms with Crippen molar-refractivity contribution in [1.82, 2.24) is 0 Å². The van der Waals surface area contributed by atoms with Gasteiger partial charge < -0.3 is 30.5 Å². The molecule has 0 spiro atoms. The van der Waals surface area contributed by atoms with E-state index in [1.54, 1.807) is 0 Å². The Kier molecular flexibility index (Phi) is 41.3. The van der Waals surface area contributed by atoms with Crippen molar-refractivity contribution in [3.63, 3.8) is 0 Å². The second-order valence-corrected chi connectivity index (χ2v) is 15.1. The fourth-order valence-corrected chi connectivity index (χ4v) is 6.02. The van der Waals surface area contributed by atoms with E-state index in [0.29, 0.717) is 6.42 Å². The second-order valence-electron chi connectivity index (χ2n) is 13.9.